The molecule has 132 valence electrons. The maximum Gasteiger partial charge on any atom is 0.123 e. The average Bonchev–Trinajstić information content (AvgIpc) is 3.07. The third-order valence-electron chi connectivity index (χ3n) is 5.19. The lowest BCUT2D eigenvalue weighted by molar-refractivity contribution is 0.275. The van der Waals surface area contributed by atoms with E-state index >= 15 is 0 Å². The highest BCUT2D eigenvalue weighted by molar-refractivity contribution is 6.30. The largest absolute Gasteiger partial charge is 0.295 e. The van der Waals surface area contributed by atoms with Crippen molar-refractivity contribution in [2.75, 3.05) is 6.54 Å². The van der Waals surface area contributed by atoms with Crippen LogP contribution in [0.2, 0.25) is 5.02 Å². The number of hydrogen-bond acceptors (Lipinski definition) is 1. The lowest BCUT2D eigenvalue weighted by atomic mass is 9.88. The Balaban J connectivity index is 1.52. The van der Waals surface area contributed by atoms with Crippen molar-refractivity contribution in [1.82, 2.24) is 4.90 Å². The summed E-state index contributed by atoms with van der Waals surface area (Å²) in [6.45, 7) is 3.01. The fourth-order valence-corrected chi connectivity index (χ4v) is 3.92. The second-order valence-corrected chi connectivity index (χ2v) is 7.36. The van der Waals surface area contributed by atoms with Gasteiger partial charge in [-0.15, -0.1) is 0 Å². The zero-order valence-corrected chi connectivity index (χ0v) is 15.3. The zero-order valence-electron chi connectivity index (χ0n) is 14.5. The summed E-state index contributed by atoms with van der Waals surface area (Å²) >= 11 is 6.06. The molecule has 26 heavy (non-hydrogen) atoms. The standard InChI is InChI=1S/C23H21ClFN/c24-21-9-5-17(6-10-21)23(18-7-11-22(25)12-8-18)13-14-26-15-19-3-1-2-4-20(19)16-26/h1-12,23H,13-16H2/t23-/m0/s1. The molecule has 0 radical (unpaired) electrons. The fraction of sp³-hybridized carbons (Fsp3) is 0.217. The van der Waals surface area contributed by atoms with E-state index in [9.17, 15) is 4.39 Å². The number of benzene rings is 3. The molecule has 4 rings (SSSR count). The molecule has 1 nitrogen and oxygen atoms in total. The Morgan fingerprint density at radius 1 is 0.808 bits per heavy atom. The Morgan fingerprint density at radius 3 is 1.92 bits per heavy atom. The normalized spacial score (nSPS) is 15.0. The van der Waals surface area contributed by atoms with Crippen LogP contribution in [0.1, 0.15) is 34.6 Å². The smallest absolute Gasteiger partial charge is 0.123 e. The van der Waals surface area contributed by atoms with Gasteiger partial charge in [-0.25, -0.2) is 4.39 Å². The van der Waals surface area contributed by atoms with Crippen molar-refractivity contribution in [3.05, 3.63) is 106 Å². The van der Waals surface area contributed by atoms with Crippen LogP contribution in [-0.4, -0.2) is 11.4 Å². The molecule has 0 aliphatic carbocycles. The van der Waals surface area contributed by atoms with Gasteiger partial charge in [0.25, 0.3) is 0 Å². The van der Waals surface area contributed by atoms with E-state index in [0.29, 0.717) is 0 Å². The molecule has 1 aliphatic rings. The van der Waals surface area contributed by atoms with Crippen LogP contribution in [-0.2, 0) is 13.1 Å². The molecule has 0 unspecified atom stereocenters. The number of hydrogen-bond donors (Lipinski definition) is 0. The Hall–Kier alpha value is -2.16. The Kier molecular flexibility index (Phi) is 5.05. The second kappa shape index (κ2) is 7.61. The van der Waals surface area contributed by atoms with Gasteiger partial charge in [-0.1, -0.05) is 60.1 Å². The third-order valence-corrected chi connectivity index (χ3v) is 5.44. The minimum Gasteiger partial charge on any atom is -0.295 e. The quantitative estimate of drug-likeness (QED) is 0.534. The van der Waals surface area contributed by atoms with E-state index in [1.54, 1.807) is 12.1 Å². The van der Waals surface area contributed by atoms with Gasteiger partial charge < -0.3 is 0 Å². The van der Waals surface area contributed by atoms with Gasteiger partial charge in [0.1, 0.15) is 5.82 Å². The zero-order chi connectivity index (χ0) is 17.9. The molecule has 1 atom stereocenters. The first-order chi connectivity index (χ1) is 12.7. The number of rotatable bonds is 5. The minimum absolute atomic E-state index is 0.196. The van der Waals surface area contributed by atoms with Crippen molar-refractivity contribution in [3.63, 3.8) is 0 Å². The van der Waals surface area contributed by atoms with E-state index in [4.69, 9.17) is 11.6 Å². The summed E-state index contributed by atoms with van der Waals surface area (Å²) in [5, 5.41) is 0.738. The van der Waals surface area contributed by atoms with E-state index in [0.717, 1.165) is 36.6 Å². The molecular weight excluding hydrogens is 345 g/mol. The van der Waals surface area contributed by atoms with Gasteiger partial charge in [0.2, 0.25) is 0 Å². The molecule has 3 aromatic rings. The first kappa shape index (κ1) is 17.3. The summed E-state index contributed by atoms with van der Waals surface area (Å²) in [5.74, 6) is 0.0372. The summed E-state index contributed by atoms with van der Waals surface area (Å²) in [6, 6.07) is 23.5. The molecule has 0 spiro atoms. The minimum atomic E-state index is -0.196. The second-order valence-electron chi connectivity index (χ2n) is 6.92. The maximum absolute atomic E-state index is 13.4. The number of halogens is 2. The molecule has 0 N–H and O–H groups in total. The van der Waals surface area contributed by atoms with Crippen molar-refractivity contribution in [1.29, 1.82) is 0 Å². The summed E-state index contributed by atoms with van der Waals surface area (Å²) < 4.78 is 13.4. The van der Waals surface area contributed by atoms with Gasteiger partial charge in [-0.05, 0) is 59.5 Å². The molecule has 1 aliphatic heterocycles. The van der Waals surface area contributed by atoms with Gasteiger partial charge in [-0.3, -0.25) is 4.90 Å². The third kappa shape index (κ3) is 3.82. The van der Waals surface area contributed by atoms with Crippen molar-refractivity contribution in [3.8, 4) is 0 Å². The molecule has 0 aromatic heterocycles. The summed E-state index contributed by atoms with van der Waals surface area (Å²) in [5.41, 5.74) is 5.22. The Morgan fingerprint density at radius 2 is 1.35 bits per heavy atom. The topological polar surface area (TPSA) is 3.24 Å². The predicted octanol–water partition coefficient (Wildman–Crippen LogP) is 6.02. The number of nitrogens with zero attached hydrogens (tertiary/aromatic N) is 1. The van der Waals surface area contributed by atoms with Crippen molar-refractivity contribution < 1.29 is 4.39 Å². The van der Waals surface area contributed by atoms with E-state index in [1.165, 1.54) is 16.7 Å². The lowest BCUT2D eigenvalue weighted by Gasteiger charge is -2.22. The molecule has 1 heterocycles. The predicted molar refractivity (Wildman–Crippen MR) is 105 cm³/mol. The van der Waals surface area contributed by atoms with Crippen LogP contribution in [0.5, 0.6) is 0 Å². The Bertz CT molecular complexity index is 803. The van der Waals surface area contributed by atoms with Gasteiger partial charge in [-0.2, -0.15) is 0 Å². The van der Waals surface area contributed by atoms with Crippen LogP contribution in [0.15, 0.2) is 72.8 Å². The van der Waals surface area contributed by atoms with Crippen LogP contribution in [0.3, 0.4) is 0 Å². The van der Waals surface area contributed by atoms with Crippen molar-refractivity contribution >= 4 is 11.6 Å². The van der Waals surface area contributed by atoms with Gasteiger partial charge >= 0.3 is 0 Å². The molecule has 0 amide bonds. The first-order valence-electron chi connectivity index (χ1n) is 8.99. The number of fused-ring (bicyclic) bond motifs is 1. The fourth-order valence-electron chi connectivity index (χ4n) is 3.79. The lowest BCUT2D eigenvalue weighted by Crippen LogP contribution is -2.20. The first-order valence-corrected chi connectivity index (χ1v) is 9.37. The van der Waals surface area contributed by atoms with E-state index < -0.39 is 0 Å². The highest BCUT2D eigenvalue weighted by Crippen LogP contribution is 2.31. The maximum atomic E-state index is 13.4. The van der Waals surface area contributed by atoms with Gasteiger partial charge in [0.05, 0.1) is 0 Å². The Labute approximate surface area is 159 Å². The highest BCUT2D eigenvalue weighted by Gasteiger charge is 2.21. The molecule has 3 heteroatoms. The van der Waals surface area contributed by atoms with Crippen LogP contribution in [0.4, 0.5) is 4.39 Å². The molecule has 3 aromatic carbocycles. The van der Waals surface area contributed by atoms with Crippen molar-refractivity contribution in [2.45, 2.75) is 25.4 Å². The highest BCUT2D eigenvalue weighted by atomic mass is 35.5. The van der Waals surface area contributed by atoms with Gasteiger partial charge in [0, 0.05) is 24.0 Å². The molecule has 0 saturated heterocycles. The molecule has 0 fully saturated rings. The summed E-state index contributed by atoms with van der Waals surface area (Å²) in [6.07, 6.45) is 0.987. The van der Waals surface area contributed by atoms with Crippen LogP contribution in [0, 0.1) is 5.82 Å². The van der Waals surface area contributed by atoms with Gasteiger partial charge in [0.15, 0.2) is 0 Å². The molecule has 0 saturated carbocycles. The molecular formula is C23H21ClFN. The monoisotopic (exact) mass is 365 g/mol. The van der Waals surface area contributed by atoms with E-state index in [1.807, 2.05) is 24.3 Å². The average molecular weight is 366 g/mol. The molecule has 0 bridgehead atoms. The van der Waals surface area contributed by atoms with Crippen LogP contribution < -0.4 is 0 Å². The summed E-state index contributed by atoms with van der Waals surface area (Å²) in [4.78, 5) is 2.48. The van der Waals surface area contributed by atoms with Crippen molar-refractivity contribution in [2.24, 2.45) is 0 Å². The summed E-state index contributed by atoms with van der Waals surface area (Å²) in [7, 11) is 0. The SMILES string of the molecule is Fc1ccc([C@@H](CCN2Cc3ccccc3C2)c2ccc(Cl)cc2)cc1. The van der Waals surface area contributed by atoms with E-state index in [-0.39, 0.29) is 11.7 Å². The van der Waals surface area contributed by atoms with E-state index in [2.05, 4.69) is 41.3 Å². The van der Waals surface area contributed by atoms with Crippen LogP contribution >= 0.6 is 11.6 Å². The van der Waals surface area contributed by atoms with Crippen LogP contribution in [0.25, 0.3) is 0 Å².